The van der Waals surface area contributed by atoms with Gasteiger partial charge in [0, 0.05) is 14.0 Å². The predicted octanol–water partition coefficient (Wildman–Crippen LogP) is 0.698. The monoisotopic (exact) mass is 246 g/mol. The SMILES string of the molecule is CC.CC(=O)NC(=O)N(C)C1CC[C@@H](CO)O1. The Morgan fingerprint density at radius 2 is 2.00 bits per heavy atom. The van der Waals surface area contributed by atoms with Gasteiger partial charge < -0.3 is 14.7 Å². The Morgan fingerprint density at radius 1 is 1.41 bits per heavy atom. The van der Waals surface area contributed by atoms with Crippen molar-refractivity contribution < 1.29 is 19.4 Å². The van der Waals surface area contributed by atoms with Crippen LogP contribution in [0.4, 0.5) is 4.79 Å². The molecule has 3 amide bonds. The molecule has 1 fully saturated rings. The van der Waals surface area contributed by atoms with Gasteiger partial charge in [-0.15, -0.1) is 0 Å². The van der Waals surface area contributed by atoms with Gasteiger partial charge in [-0.2, -0.15) is 0 Å². The van der Waals surface area contributed by atoms with E-state index in [4.69, 9.17) is 9.84 Å². The topological polar surface area (TPSA) is 78.9 Å². The van der Waals surface area contributed by atoms with Gasteiger partial charge in [0.1, 0.15) is 6.23 Å². The fourth-order valence-corrected chi connectivity index (χ4v) is 1.48. The normalized spacial score (nSPS) is 22.4. The van der Waals surface area contributed by atoms with Crippen LogP contribution in [0.1, 0.15) is 33.6 Å². The standard InChI is InChI=1S/C9H16N2O4.C2H6/c1-6(13)10-9(14)11(2)8-4-3-7(5-12)15-8;1-2/h7-8,12H,3-5H2,1-2H3,(H,10,13,14);1-2H3/t7-,8?;/m0./s1. The van der Waals surface area contributed by atoms with E-state index in [1.807, 2.05) is 13.8 Å². The minimum atomic E-state index is -0.480. The smallest absolute Gasteiger partial charge is 0.325 e. The quantitative estimate of drug-likeness (QED) is 0.751. The molecule has 0 aromatic heterocycles. The molecule has 6 heteroatoms. The van der Waals surface area contributed by atoms with Crippen LogP contribution in [0, 0.1) is 0 Å². The van der Waals surface area contributed by atoms with Crippen molar-refractivity contribution in [1.29, 1.82) is 0 Å². The number of rotatable bonds is 2. The molecule has 0 saturated carbocycles. The average Bonchev–Trinajstić information content (AvgIpc) is 2.78. The van der Waals surface area contributed by atoms with E-state index >= 15 is 0 Å². The number of nitrogens with zero attached hydrogens (tertiary/aromatic N) is 1. The summed E-state index contributed by atoms with van der Waals surface area (Å²) in [6.45, 7) is 5.23. The number of carbonyl (C=O) groups is 2. The van der Waals surface area contributed by atoms with E-state index in [0.29, 0.717) is 6.42 Å². The molecule has 1 saturated heterocycles. The molecule has 0 radical (unpaired) electrons. The van der Waals surface area contributed by atoms with Gasteiger partial charge in [0.05, 0.1) is 12.7 Å². The molecule has 2 atom stereocenters. The Balaban J connectivity index is 0.00000121. The van der Waals surface area contributed by atoms with E-state index in [0.717, 1.165) is 6.42 Å². The molecule has 0 aromatic rings. The van der Waals surface area contributed by atoms with Crippen molar-refractivity contribution in [3.05, 3.63) is 0 Å². The Morgan fingerprint density at radius 3 is 2.41 bits per heavy atom. The van der Waals surface area contributed by atoms with Gasteiger partial charge in [-0.1, -0.05) is 13.8 Å². The largest absolute Gasteiger partial charge is 0.394 e. The third kappa shape index (κ3) is 5.14. The highest BCUT2D eigenvalue weighted by atomic mass is 16.5. The van der Waals surface area contributed by atoms with E-state index in [1.165, 1.54) is 11.8 Å². The first-order valence-corrected chi connectivity index (χ1v) is 5.85. The molecule has 0 spiro atoms. The summed E-state index contributed by atoms with van der Waals surface area (Å²) in [6, 6.07) is -0.480. The number of urea groups is 1. The Bertz CT molecular complexity index is 258. The first kappa shape index (κ1) is 15.9. The highest BCUT2D eigenvalue weighted by molar-refractivity contribution is 5.92. The second-order valence-corrected chi connectivity index (χ2v) is 3.57. The number of aliphatic hydroxyl groups excluding tert-OH is 1. The maximum atomic E-state index is 11.4. The fraction of sp³-hybridized carbons (Fsp3) is 0.818. The molecule has 0 aliphatic carbocycles. The van der Waals surface area contributed by atoms with Gasteiger partial charge in [-0.3, -0.25) is 10.1 Å². The molecule has 1 aliphatic heterocycles. The average molecular weight is 246 g/mol. The number of hydrogen-bond donors (Lipinski definition) is 2. The highest BCUT2D eigenvalue weighted by Crippen LogP contribution is 2.21. The predicted molar refractivity (Wildman–Crippen MR) is 63.3 cm³/mol. The van der Waals surface area contributed by atoms with Crippen molar-refractivity contribution in [2.24, 2.45) is 0 Å². The molecule has 0 aromatic carbocycles. The first-order valence-electron chi connectivity index (χ1n) is 5.85. The summed E-state index contributed by atoms with van der Waals surface area (Å²) in [7, 11) is 1.56. The van der Waals surface area contributed by atoms with Crippen LogP contribution in [0.3, 0.4) is 0 Å². The van der Waals surface area contributed by atoms with Gasteiger partial charge in [0.15, 0.2) is 0 Å². The molecular weight excluding hydrogens is 224 g/mol. The molecular formula is C11H22N2O4. The zero-order valence-corrected chi connectivity index (χ0v) is 10.9. The second-order valence-electron chi connectivity index (χ2n) is 3.57. The third-order valence-electron chi connectivity index (χ3n) is 2.32. The van der Waals surface area contributed by atoms with E-state index in [2.05, 4.69) is 5.32 Å². The molecule has 1 aliphatic rings. The van der Waals surface area contributed by atoms with Crippen molar-refractivity contribution in [3.8, 4) is 0 Å². The van der Waals surface area contributed by atoms with Crippen molar-refractivity contribution in [2.75, 3.05) is 13.7 Å². The van der Waals surface area contributed by atoms with Gasteiger partial charge in [0.25, 0.3) is 0 Å². The Hall–Kier alpha value is -1.14. The summed E-state index contributed by atoms with van der Waals surface area (Å²) in [5.74, 6) is -0.399. The Kier molecular flexibility index (Phi) is 7.49. The summed E-state index contributed by atoms with van der Waals surface area (Å²) >= 11 is 0. The summed E-state index contributed by atoms with van der Waals surface area (Å²) < 4.78 is 5.38. The summed E-state index contributed by atoms with van der Waals surface area (Å²) in [6.07, 6.45) is 0.829. The van der Waals surface area contributed by atoms with Crippen LogP contribution in [0.25, 0.3) is 0 Å². The summed E-state index contributed by atoms with van der Waals surface area (Å²) in [5.41, 5.74) is 0. The van der Waals surface area contributed by atoms with Crippen LogP contribution in [0.2, 0.25) is 0 Å². The number of nitrogens with one attached hydrogen (secondary N) is 1. The Labute approximate surface area is 102 Å². The lowest BCUT2D eigenvalue weighted by atomic mass is 10.2. The molecule has 0 bridgehead atoms. The molecule has 6 nitrogen and oxygen atoms in total. The minimum absolute atomic E-state index is 0.0430. The molecule has 1 heterocycles. The van der Waals surface area contributed by atoms with E-state index < -0.39 is 11.9 Å². The van der Waals surface area contributed by atoms with Gasteiger partial charge in [0.2, 0.25) is 5.91 Å². The van der Waals surface area contributed by atoms with Crippen LogP contribution < -0.4 is 5.32 Å². The number of amides is 3. The van der Waals surface area contributed by atoms with Crippen LogP contribution >= 0.6 is 0 Å². The molecule has 17 heavy (non-hydrogen) atoms. The van der Waals surface area contributed by atoms with E-state index in [-0.39, 0.29) is 18.9 Å². The minimum Gasteiger partial charge on any atom is -0.394 e. The van der Waals surface area contributed by atoms with Crippen LogP contribution in [0.15, 0.2) is 0 Å². The zero-order valence-electron chi connectivity index (χ0n) is 10.9. The number of ether oxygens (including phenoxy) is 1. The third-order valence-corrected chi connectivity index (χ3v) is 2.32. The second kappa shape index (κ2) is 8.03. The first-order chi connectivity index (χ1) is 8.04. The lowest BCUT2D eigenvalue weighted by molar-refractivity contribution is -0.118. The van der Waals surface area contributed by atoms with E-state index in [1.54, 1.807) is 7.05 Å². The summed E-state index contributed by atoms with van der Waals surface area (Å²) in [5, 5.41) is 11.0. The lowest BCUT2D eigenvalue weighted by Gasteiger charge is -2.24. The number of aliphatic hydroxyl groups is 1. The molecule has 100 valence electrons. The number of hydrogen-bond acceptors (Lipinski definition) is 4. The van der Waals surface area contributed by atoms with Gasteiger partial charge in [-0.05, 0) is 12.8 Å². The summed E-state index contributed by atoms with van der Waals surface area (Å²) in [4.78, 5) is 23.4. The number of carbonyl (C=O) groups excluding carboxylic acids is 2. The molecule has 2 N–H and O–H groups in total. The van der Waals surface area contributed by atoms with Crippen molar-refractivity contribution in [1.82, 2.24) is 10.2 Å². The van der Waals surface area contributed by atoms with Crippen LogP contribution in [-0.2, 0) is 9.53 Å². The highest BCUT2D eigenvalue weighted by Gasteiger charge is 2.30. The maximum absolute atomic E-state index is 11.4. The molecule has 1 unspecified atom stereocenters. The van der Waals surface area contributed by atoms with Crippen molar-refractivity contribution in [2.45, 2.75) is 45.9 Å². The van der Waals surface area contributed by atoms with E-state index in [9.17, 15) is 9.59 Å². The van der Waals surface area contributed by atoms with Gasteiger partial charge in [-0.25, -0.2) is 4.79 Å². The zero-order chi connectivity index (χ0) is 13.4. The number of imide groups is 1. The van der Waals surface area contributed by atoms with Crippen molar-refractivity contribution in [3.63, 3.8) is 0 Å². The fourth-order valence-electron chi connectivity index (χ4n) is 1.48. The van der Waals surface area contributed by atoms with Crippen molar-refractivity contribution >= 4 is 11.9 Å². The van der Waals surface area contributed by atoms with Gasteiger partial charge >= 0.3 is 6.03 Å². The molecule has 1 rings (SSSR count). The lowest BCUT2D eigenvalue weighted by Crippen LogP contribution is -2.45. The van der Waals surface area contributed by atoms with Crippen LogP contribution in [-0.4, -0.2) is 47.9 Å². The maximum Gasteiger partial charge on any atom is 0.325 e. The van der Waals surface area contributed by atoms with Crippen LogP contribution in [0.5, 0.6) is 0 Å².